The van der Waals surface area contributed by atoms with Gasteiger partial charge in [0.2, 0.25) is 5.91 Å². The molecule has 0 fully saturated rings. The van der Waals surface area contributed by atoms with Gasteiger partial charge in [-0.05, 0) is 13.1 Å². The first-order valence-corrected chi connectivity index (χ1v) is 5.42. The van der Waals surface area contributed by atoms with Crippen LogP contribution in [0.2, 0.25) is 0 Å². The van der Waals surface area contributed by atoms with Crippen LogP contribution in [0.1, 0.15) is 34.6 Å². The standard InChI is InChI=1S/C11H24N2O/c1-6-13(7-2)9-8-12-10(14)11(3,4)5/h6-9H2,1-5H3,(H,12,14). The van der Waals surface area contributed by atoms with Crippen molar-refractivity contribution in [3.63, 3.8) is 0 Å². The number of rotatable bonds is 5. The van der Waals surface area contributed by atoms with Gasteiger partial charge in [0, 0.05) is 18.5 Å². The molecular formula is C11H24N2O. The molecule has 0 aromatic carbocycles. The molecule has 0 aliphatic rings. The van der Waals surface area contributed by atoms with E-state index in [2.05, 4.69) is 24.1 Å². The van der Waals surface area contributed by atoms with Crippen molar-refractivity contribution in [1.82, 2.24) is 10.2 Å². The Bertz CT molecular complexity index is 169. The van der Waals surface area contributed by atoms with Crippen LogP contribution in [0.15, 0.2) is 0 Å². The number of likely N-dealkylation sites (N-methyl/N-ethyl adjacent to an activating group) is 1. The highest BCUT2D eigenvalue weighted by molar-refractivity contribution is 5.81. The minimum atomic E-state index is -0.275. The van der Waals surface area contributed by atoms with Crippen LogP contribution in [-0.2, 0) is 4.79 Å². The van der Waals surface area contributed by atoms with Crippen LogP contribution in [0, 0.1) is 5.41 Å². The average Bonchev–Trinajstić information content (AvgIpc) is 2.10. The summed E-state index contributed by atoms with van der Waals surface area (Å²) in [5, 5.41) is 2.94. The summed E-state index contributed by atoms with van der Waals surface area (Å²) in [5.74, 6) is 0.129. The number of nitrogens with zero attached hydrogens (tertiary/aromatic N) is 1. The van der Waals surface area contributed by atoms with E-state index in [1.165, 1.54) is 0 Å². The molecule has 14 heavy (non-hydrogen) atoms. The molecule has 0 spiro atoms. The number of amides is 1. The normalized spacial score (nSPS) is 11.9. The second-order valence-electron chi connectivity index (χ2n) is 4.53. The summed E-state index contributed by atoms with van der Waals surface area (Å²) < 4.78 is 0. The maximum atomic E-state index is 11.5. The van der Waals surface area contributed by atoms with Crippen molar-refractivity contribution in [1.29, 1.82) is 0 Å². The summed E-state index contributed by atoms with van der Waals surface area (Å²) in [6.45, 7) is 13.8. The molecule has 0 aromatic heterocycles. The van der Waals surface area contributed by atoms with Gasteiger partial charge in [-0.1, -0.05) is 34.6 Å². The highest BCUT2D eigenvalue weighted by atomic mass is 16.2. The topological polar surface area (TPSA) is 32.3 Å². The van der Waals surface area contributed by atoms with Crippen LogP contribution in [0.3, 0.4) is 0 Å². The van der Waals surface area contributed by atoms with Crippen molar-refractivity contribution >= 4 is 5.91 Å². The first kappa shape index (κ1) is 13.4. The van der Waals surface area contributed by atoms with E-state index in [-0.39, 0.29) is 11.3 Å². The second-order valence-corrected chi connectivity index (χ2v) is 4.53. The summed E-state index contributed by atoms with van der Waals surface area (Å²) in [4.78, 5) is 13.8. The number of hydrogen-bond donors (Lipinski definition) is 1. The molecule has 0 rings (SSSR count). The fourth-order valence-corrected chi connectivity index (χ4v) is 1.13. The van der Waals surface area contributed by atoms with Crippen LogP contribution in [0.25, 0.3) is 0 Å². The molecule has 0 radical (unpaired) electrons. The van der Waals surface area contributed by atoms with E-state index in [0.717, 1.165) is 26.2 Å². The monoisotopic (exact) mass is 200 g/mol. The quantitative estimate of drug-likeness (QED) is 0.729. The Morgan fingerprint density at radius 1 is 1.21 bits per heavy atom. The van der Waals surface area contributed by atoms with Crippen LogP contribution < -0.4 is 5.32 Å². The number of hydrogen-bond acceptors (Lipinski definition) is 2. The molecule has 0 aliphatic heterocycles. The molecule has 0 saturated carbocycles. The zero-order chi connectivity index (χ0) is 11.2. The van der Waals surface area contributed by atoms with E-state index < -0.39 is 0 Å². The van der Waals surface area contributed by atoms with Gasteiger partial charge in [-0.3, -0.25) is 4.79 Å². The Hall–Kier alpha value is -0.570. The van der Waals surface area contributed by atoms with E-state index in [0.29, 0.717) is 0 Å². The lowest BCUT2D eigenvalue weighted by molar-refractivity contribution is -0.128. The lowest BCUT2D eigenvalue weighted by Gasteiger charge is -2.21. The lowest BCUT2D eigenvalue weighted by atomic mass is 9.96. The molecule has 0 unspecified atom stereocenters. The number of carbonyl (C=O) groups excluding carboxylic acids is 1. The van der Waals surface area contributed by atoms with Gasteiger partial charge in [0.25, 0.3) is 0 Å². The number of nitrogens with one attached hydrogen (secondary N) is 1. The second kappa shape index (κ2) is 6.02. The first-order chi connectivity index (χ1) is 6.41. The molecule has 1 N–H and O–H groups in total. The maximum absolute atomic E-state index is 11.5. The van der Waals surface area contributed by atoms with Crippen molar-refractivity contribution in [3.8, 4) is 0 Å². The summed E-state index contributed by atoms with van der Waals surface area (Å²) in [6.07, 6.45) is 0. The number of carbonyl (C=O) groups is 1. The van der Waals surface area contributed by atoms with E-state index in [1.54, 1.807) is 0 Å². The van der Waals surface area contributed by atoms with Crippen molar-refractivity contribution < 1.29 is 4.79 Å². The smallest absolute Gasteiger partial charge is 0.225 e. The van der Waals surface area contributed by atoms with Gasteiger partial charge in [-0.2, -0.15) is 0 Å². The summed E-state index contributed by atoms with van der Waals surface area (Å²) in [7, 11) is 0. The molecule has 84 valence electrons. The molecule has 0 heterocycles. The minimum Gasteiger partial charge on any atom is -0.354 e. The van der Waals surface area contributed by atoms with Crippen LogP contribution in [-0.4, -0.2) is 37.0 Å². The largest absolute Gasteiger partial charge is 0.354 e. The Labute approximate surface area is 87.9 Å². The van der Waals surface area contributed by atoms with Crippen molar-refractivity contribution in [2.24, 2.45) is 5.41 Å². The predicted molar refractivity (Wildman–Crippen MR) is 60.3 cm³/mol. The third kappa shape index (κ3) is 5.22. The fraction of sp³-hybridized carbons (Fsp3) is 0.909. The van der Waals surface area contributed by atoms with E-state index in [9.17, 15) is 4.79 Å². The van der Waals surface area contributed by atoms with Gasteiger partial charge < -0.3 is 10.2 Å². The van der Waals surface area contributed by atoms with Crippen LogP contribution in [0.5, 0.6) is 0 Å². The Balaban J connectivity index is 3.69. The van der Waals surface area contributed by atoms with Gasteiger partial charge in [0.1, 0.15) is 0 Å². The zero-order valence-electron chi connectivity index (χ0n) is 10.2. The highest BCUT2D eigenvalue weighted by Gasteiger charge is 2.20. The Morgan fingerprint density at radius 3 is 2.07 bits per heavy atom. The molecule has 0 aromatic rings. The highest BCUT2D eigenvalue weighted by Crippen LogP contribution is 2.11. The average molecular weight is 200 g/mol. The van der Waals surface area contributed by atoms with E-state index in [1.807, 2.05) is 20.8 Å². The first-order valence-electron chi connectivity index (χ1n) is 5.42. The summed E-state index contributed by atoms with van der Waals surface area (Å²) in [6, 6.07) is 0. The predicted octanol–water partition coefficient (Wildman–Crippen LogP) is 1.49. The van der Waals surface area contributed by atoms with E-state index >= 15 is 0 Å². The third-order valence-corrected chi connectivity index (χ3v) is 2.29. The molecule has 3 nitrogen and oxygen atoms in total. The Morgan fingerprint density at radius 2 is 1.71 bits per heavy atom. The third-order valence-electron chi connectivity index (χ3n) is 2.29. The summed E-state index contributed by atoms with van der Waals surface area (Å²) >= 11 is 0. The van der Waals surface area contributed by atoms with Gasteiger partial charge in [-0.25, -0.2) is 0 Å². The molecule has 3 heteroatoms. The fourth-order valence-electron chi connectivity index (χ4n) is 1.13. The summed E-state index contributed by atoms with van der Waals surface area (Å²) in [5.41, 5.74) is -0.275. The van der Waals surface area contributed by atoms with Crippen molar-refractivity contribution in [2.75, 3.05) is 26.2 Å². The van der Waals surface area contributed by atoms with Gasteiger partial charge in [-0.15, -0.1) is 0 Å². The molecule has 0 aliphatic carbocycles. The minimum absolute atomic E-state index is 0.129. The van der Waals surface area contributed by atoms with Crippen molar-refractivity contribution in [3.05, 3.63) is 0 Å². The molecule has 1 amide bonds. The van der Waals surface area contributed by atoms with Gasteiger partial charge in [0.05, 0.1) is 0 Å². The van der Waals surface area contributed by atoms with Gasteiger partial charge >= 0.3 is 0 Å². The molecule has 0 bridgehead atoms. The molecule has 0 saturated heterocycles. The zero-order valence-corrected chi connectivity index (χ0v) is 10.2. The molecule has 0 atom stereocenters. The van der Waals surface area contributed by atoms with Crippen LogP contribution in [0.4, 0.5) is 0 Å². The SMILES string of the molecule is CCN(CC)CCNC(=O)C(C)(C)C. The molecular weight excluding hydrogens is 176 g/mol. The maximum Gasteiger partial charge on any atom is 0.225 e. The van der Waals surface area contributed by atoms with Crippen molar-refractivity contribution in [2.45, 2.75) is 34.6 Å². The Kier molecular flexibility index (Phi) is 5.77. The van der Waals surface area contributed by atoms with E-state index in [4.69, 9.17) is 0 Å². The van der Waals surface area contributed by atoms with Gasteiger partial charge in [0.15, 0.2) is 0 Å². The lowest BCUT2D eigenvalue weighted by Crippen LogP contribution is -2.39. The van der Waals surface area contributed by atoms with Crippen LogP contribution >= 0.6 is 0 Å².